The third-order valence-corrected chi connectivity index (χ3v) is 9.98. The Morgan fingerprint density at radius 1 is 0.593 bits per heavy atom. The van der Waals surface area contributed by atoms with Crippen molar-refractivity contribution in [1.82, 2.24) is 14.9 Å². The molecule has 0 spiro atoms. The van der Waals surface area contributed by atoms with Crippen LogP contribution in [0.25, 0.3) is 87.5 Å². The smallest absolute Gasteiger partial charge is 0.510 e. The van der Waals surface area contributed by atoms with E-state index in [0.717, 1.165) is 60.9 Å². The normalized spacial score (nSPS) is 12.5. The van der Waals surface area contributed by atoms with Gasteiger partial charge >= 0.3 is 20.1 Å². The number of benzene rings is 7. The Bertz CT molecular complexity index is 3010. The summed E-state index contributed by atoms with van der Waals surface area (Å²) in [5, 5.41) is 10.8. The van der Waals surface area contributed by atoms with Crippen molar-refractivity contribution >= 4 is 70.8 Å². The number of aromatic nitrogens is 2. The number of para-hydroxylation sites is 1. The van der Waals surface area contributed by atoms with Crippen LogP contribution < -0.4 is 4.90 Å². The molecule has 54 heavy (non-hydrogen) atoms. The first-order valence-corrected chi connectivity index (χ1v) is 17.6. The first kappa shape index (κ1) is 33.5. The van der Waals surface area contributed by atoms with Gasteiger partial charge in [0.1, 0.15) is 5.58 Å². The van der Waals surface area contributed by atoms with E-state index in [1.54, 1.807) is 6.20 Å². The molecule has 0 radical (unpaired) electrons. The van der Waals surface area contributed by atoms with Gasteiger partial charge in [0, 0.05) is 17.8 Å². The number of furan rings is 1. The van der Waals surface area contributed by atoms with E-state index in [1.165, 1.54) is 32.3 Å². The molecular weight excluding hydrogens is 841 g/mol. The van der Waals surface area contributed by atoms with Gasteiger partial charge in [0.05, 0.1) is 11.1 Å². The predicted molar refractivity (Wildman–Crippen MR) is 218 cm³/mol. The molecule has 11 rings (SSSR count). The van der Waals surface area contributed by atoms with E-state index < -0.39 is 0 Å². The first-order valence-electron chi connectivity index (χ1n) is 17.6. The van der Waals surface area contributed by atoms with Gasteiger partial charge in [-0.3, -0.25) is 9.97 Å². The van der Waals surface area contributed by atoms with Crippen LogP contribution in [0.5, 0.6) is 0 Å². The Balaban J connectivity index is 0.000000171. The molecule has 0 amide bonds. The van der Waals surface area contributed by atoms with Gasteiger partial charge in [-0.15, -0.1) is 41.1 Å². The first-order chi connectivity index (χ1) is 26.2. The largest absolute Gasteiger partial charge is 3.00 e. The van der Waals surface area contributed by atoms with Gasteiger partial charge in [-0.25, -0.2) is 0 Å². The van der Waals surface area contributed by atoms with Gasteiger partial charge in [0.15, 0.2) is 0 Å². The summed E-state index contributed by atoms with van der Waals surface area (Å²) in [6.45, 7) is 2.01. The van der Waals surface area contributed by atoms with E-state index in [0.29, 0.717) is 0 Å². The number of anilines is 1. The summed E-state index contributed by atoms with van der Waals surface area (Å²) in [5.74, 6) is 0. The summed E-state index contributed by atoms with van der Waals surface area (Å²) >= 11 is 0. The van der Waals surface area contributed by atoms with Crippen LogP contribution in [0.4, 0.5) is 5.69 Å². The van der Waals surface area contributed by atoms with E-state index in [1.807, 2.05) is 84.6 Å². The Kier molecular flexibility index (Phi) is 8.63. The minimum absolute atomic E-state index is 0. The minimum Gasteiger partial charge on any atom is -0.510 e. The van der Waals surface area contributed by atoms with Crippen LogP contribution in [0.1, 0.15) is 0 Å². The van der Waals surface area contributed by atoms with Crippen molar-refractivity contribution in [2.75, 3.05) is 11.9 Å². The molecule has 0 aliphatic carbocycles. The number of nitrogens with zero attached hydrogens (tertiary/aromatic N) is 4. The number of fused-ring (bicyclic) bond motifs is 10. The second-order valence-corrected chi connectivity index (χ2v) is 13.3. The average Bonchev–Trinajstić information content (AvgIpc) is 3.83. The van der Waals surface area contributed by atoms with Crippen molar-refractivity contribution in [1.29, 1.82) is 0 Å². The Labute approximate surface area is 326 Å². The zero-order valence-corrected chi connectivity index (χ0v) is 31.6. The fourth-order valence-corrected chi connectivity index (χ4v) is 7.36. The number of hydrogen-bond acceptors (Lipinski definition) is 5. The third kappa shape index (κ3) is 5.96. The van der Waals surface area contributed by atoms with Gasteiger partial charge in [-0.2, -0.15) is 24.9 Å². The van der Waals surface area contributed by atoms with Gasteiger partial charge in [0.25, 0.3) is 0 Å². The summed E-state index contributed by atoms with van der Waals surface area (Å²) in [5.41, 5.74) is 7.87. The predicted octanol–water partition coefficient (Wildman–Crippen LogP) is 11.9. The van der Waals surface area contributed by atoms with Crippen molar-refractivity contribution < 1.29 is 24.5 Å². The molecular formula is C48H31IrN4O. The second-order valence-electron chi connectivity index (χ2n) is 13.3. The fourth-order valence-electron chi connectivity index (χ4n) is 7.36. The van der Waals surface area contributed by atoms with E-state index in [2.05, 4.69) is 114 Å². The fraction of sp³-hybridized carbons (Fsp3) is 0.0208. The number of hydrogen-bond donors (Lipinski definition) is 0. The van der Waals surface area contributed by atoms with Crippen LogP contribution in [0.15, 0.2) is 169 Å². The molecule has 0 fully saturated rings. The maximum absolute atomic E-state index is 6.33. The molecule has 0 atom stereocenters. The van der Waals surface area contributed by atoms with Gasteiger partial charge in [-0.05, 0) is 87.1 Å². The van der Waals surface area contributed by atoms with Gasteiger partial charge in [-0.1, -0.05) is 95.9 Å². The molecule has 0 N–H and O–H groups in total. The maximum atomic E-state index is 6.33. The molecule has 0 saturated carbocycles. The molecule has 6 heteroatoms. The molecule has 3 aromatic heterocycles. The van der Waals surface area contributed by atoms with Crippen molar-refractivity contribution in [2.45, 2.75) is 0 Å². The topological polar surface area (TPSA) is 45.4 Å². The van der Waals surface area contributed by atoms with E-state index >= 15 is 0 Å². The number of rotatable bonds is 3. The Hall–Kier alpha value is -6.33. The molecule has 4 heterocycles. The van der Waals surface area contributed by atoms with E-state index in [9.17, 15) is 0 Å². The molecule has 1 aliphatic rings. The van der Waals surface area contributed by atoms with Gasteiger partial charge < -0.3 is 14.2 Å². The summed E-state index contributed by atoms with van der Waals surface area (Å²) in [4.78, 5) is 13.0. The molecule has 5 nitrogen and oxygen atoms in total. The third-order valence-electron chi connectivity index (χ3n) is 9.98. The average molecular weight is 872 g/mol. The van der Waals surface area contributed by atoms with Crippen molar-refractivity contribution in [2.24, 2.45) is 0 Å². The van der Waals surface area contributed by atoms with E-state index in [4.69, 9.17) is 9.40 Å². The summed E-state index contributed by atoms with van der Waals surface area (Å²) in [6, 6.07) is 55.1. The van der Waals surface area contributed by atoms with Crippen molar-refractivity contribution in [3.05, 3.63) is 183 Å². The van der Waals surface area contributed by atoms with Gasteiger partial charge in [0.2, 0.25) is 0 Å². The molecule has 0 bridgehead atoms. The van der Waals surface area contributed by atoms with Crippen LogP contribution in [-0.2, 0) is 20.1 Å². The number of pyridine rings is 2. The SMILES string of the molecule is CN1C=CN(c2[c-]cc(-c3cccnc3)cc2)[CH-]1.[Ir+3].[c-]1cc2oc3cc4c5ccccc5c5ccccc5c4cc3c2cc1-c1ccc2ccccc2n1. The maximum Gasteiger partial charge on any atom is 3.00 e. The molecule has 0 unspecified atom stereocenters. The molecule has 1 aliphatic heterocycles. The molecule has 7 aromatic carbocycles. The standard InChI is InChI=1S/C33H18NO.C15H13N3.Ir/c1-6-12-30-20(7-1)13-15-31(34-30)21-14-16-32-28(17-21)29-18-26-24-10-4-2-8-22(24)23-9-3-5-11-25(23)27(26)19-33(29)35-32;1-17-9-10-18(12-17)15-6-4-13(5-7-15)14-3-2-8-16-11-14;/h1-13,15-19H;2-6,8-12H,1H3;/q-1;-2;+3. The monoisotopic (exact) mass is 872 g/mol. The van der Waals surface area contributed by atoms with Crippen LogP contribution >= 0.6 is 0 Å². The second kappa shape index (κ2) is 13.9. The van der Waals surface area contributed by atoms with Crippen LogP contribution in [0.3, 0.4) is 0 Å². The molecule has 0 saturated heterocycles. The molecule has 10 aromatic rings. The van der Waals surface area contributed by atoms with Crippen LogP contribution in [-0.4, -0.2) is 21.9 Å². The van der Waals surface area contributed by atoms with E-state index in [-0.39, 0.29) is 20.1 Å². The zero-order valence-electron chi connectivity index (χ0n) is 29.2. The minimum atomic E-state index is 0. The van der Waals surface area contributed by atoms with Crippen molar-refractivity contribution in [3.8, 4) is 22.4 Å². The quantitative estimate of drug-likeness (QED) is 0.131. The van der Waals surface area contributed by atoms with Crippen LogP contribution in [0.2, 0.25) is 0 Å². The zero-order chi connectivity index (χ0) is 35.3. The van der Waals surface area contributed by atoms with Crippen molar-refractivity contribution in [3.63, 3.8) is 0 Å². The summed E-state index contributed by atoms with van der Waals surface area (Å²) in [6.07, 6.45) is 7.65. The summed E-state index contributed by atoms with van der Waals surface area (Å²) < 4.78 is 6.33. The Morgan fingerprint density at radius 2 is 1.31 bits per heavy atom. The summed E-state index contributed by atoms with van der Waals surface area (Å²) in [7, 11) is 2.00. The Morgan fingerprint density at radius 3 is 2.02 bits per heavy atom. The van der Waals surface area contributed by atoms with Crippen LogP contribution in [0, 0.1) is 18.8 Å². The molecule has 258 valence electrons.